The van der Waals surface area contributed by atoms with E-state index in [0.717, 1.165) is 32.0 Å². The van der Waals surface area contributed by atoms with Crippen LogP contribution in [0.5, 0.6) is 0 Å². The Bertz CT molecular complexity index is 672. The molecule has 0 aliphatic carbocycles. The topological polar surface area (TPSA) is 36.5 Å². The lowest BCUT2D eigenvalue weighted by molar-refractivity contribution is 0.0110. The molecule has 134 valence electrons. The van der Waals surface area contributed by atoms with Crippen LogP contribution in [0.25, 0.3) is 0 Å². The molecule has 1 aliphatic heterocycles. The fourth-order valence-electron chi connectivity index (χ4n) is 3.04. The minimum Gasteiger partial charge on any atom is -0.379 e. The van der Waals surface area contributed by atoms with Gasteiger partial charge in [0.15, 0.2) is 5.11 Å². The van der Waals surface area contributed by atoms with Crippen LogP contribution in [0.2, 0.25) is 0 Å². The zero-order chi connectivity index (χ0) is 17.6. The van der Waals surface area contributed by atoms with Gasteiger partial charge in [-0.25, -0.2) is 4.39 Å². The van der Waals surface area contributed by atoms with Gasteiger partial charge in [0, 0.05) is 29.7 Å². The highest BCUT2D eigenvalue weighted by Gasteiger charge is 2.28. The summed E-state index contributed by atoms with van der Waals surface area (Å²) >= 11 is 7.20. The molecule has 2 aromatic rings. The van der Waals surface area contributed by atoms with Crippen LogP contribution in [0.4, 0.5) is 10.1 Å². The maximum Gasteiger partial charge on any atom is 0.171 e. The van der Waals surface area contributed by atoms with Crippen LogP contribution in [0, 0.1) is 5.82 Å². The monoisotopic (exact) mass is 379 g/mol. The molecular weight excluding hydrogens is 357 g/mol. The fourth-order valence-corrected chi connectivity index (χ4v) is 4.31. The Labute approximate surface area is 157 Å². The van der Waals surface area contributed by atoms with Crippen LogP contribution in [0.1, 0.15) is 17.8 Å². The average Bonchev–Trinajstić information content (AvgIpc) is 3.12. The lowest BCUT2D eigenvalue weighted by Crippen LogP contribution is -2.49. The van der Waals surface area contributed by atoms with Crippen molar-refractivity contribution in [2.75, 3.05) is 31.6 Å². The summed E-state index contributed by atoms with van der Waals surface area (Å²) in [6, 6.07) is 10.8. The second-order valence-electron chi connectivity index (χ2n) is 6.00. The van der Waals surface area contributed by atoms with Crippen molar-refractivity contribution >= 4 is 34.4 Å². The van der Waals surface area contributed by atoms with Gasteiger partial charge in [0.25, 0.3) is 0 Å². The molecule has 1 saturated heterocycles. The third-order valence-electron chi connectivity index (χ3n) is 4.21. The number of thiophene rings is 1. The number of hydrogen-bond donors (Lipinski definition) is 2. The maximum atomic E-state index is 13.0. The number of thiocarbonyl (C=S) groups is 1. The fraction of sp³-hybridized carbons (Fsp3) is 0.389. The van der Waals surface area contributed by atoms with Crippen LogP contribution in [0.3, 0.4) is 0 Å². The summed E-state index contributed by atoms with van der Waals surface area (Å²) in [5.41, 5.74) is 0.769. The summed E-state index contributed by atoms with van der Waals surface area (Å²) in [7, 11) is 0. The normalized spacial score (nSPS) is 17.7. The molecule has 1 aromatic carbocycles. The third kappa shape index (κ3) is 4.98. The second kappa shape index (κ2) is 8.71. The van der Waals surface area contributed by atoms with Gasteiger partial charge in [-0.3, -0.25) is 4.90 Å². The van der Waals surface area contributed by atoms with Gasteiger partial charge in [-0.1, -0.05) is 6.07 Å². The summed E-state index contributed by atoms with van der Waals surface area (Å²) in [4.78, 5) is 3.75. The molecule has 2 heterocycles. The molecule has 7 heteroatoms. The molecule has 4 nitrogen and oxygen atoms in total. The smallest absolute Gasteiger partial charge is 0.171 e. The van der Waals surface area contributed by atoms with Crippen molar-refractivity contribution in [2.24, 2.45) is 0 Å². The van der Waals surface area contributed by atoms with Crippen LogP contribution >= 0.6 is 23.6 Å². The number of morpholine rings is 1. The standard InChI is InChI=1S/C18H22FN3OS2/c1-13(20-18(24)21-15-6-4-14(19)5-7-15)17(16-3-2-12-25-16)22-8-10-23-11-9-22/h2-7,12-13,17H,8-11H2,1H3,(H2,20,21,24)/t13-,17-/m0/s1. The predicted octanol–water partition coefficient (Wildman–Crippen LogP) is 3.64. The van der Waals surface area contributed by atoms with Crippen LogP contribution in [-0.2, 0) is 4.74 Å². The van der Waals surface area contributed by atoms with Gasteiger partial charge in [0.2, 0.25) is 0 Å². The molecule has 1 fully saturated rings. The molecule has 0 saturated carbocycles. The molecule has 2 N–H and O–H groups in total. The van der Waals surface area contributed by atoms with Gasteiger partial charge in [-0.2, -0.15) is 0 Å². The van der Waals surface area contributed by atoms with Gasteiger partial charge in [0.05, 0.1) is 19.3 Å². The largest absolute Gasteiger partial charge is 0.379 e. The first-order valence-corrected chi connectivity index (χ1v) is 9.60. The Balaban J connectivity index is 1.66. The SMILES string of the molecule is C[C@H](NC(=S)Nc1ccc(F)cc1)[C@@H](c1cccs1)N1CCOCC1. The molecule has 0 spiro atoms. The quantitative estimate of drug-likeness (QED) is 0.776. The van der Waals surface area contributed by atoms with Gasteiger partial charge in [-0.15, -0.1) is 11.3 Å². The zero-order valence-corrected chi connectivity index (χ0v) is 15.7. The van der Waals surface area contributed by atoms with E-state index >= 15 is 0 Å². The Kier molecular flexibility index (Phi) is 6.36. The van der Waals surface area contributed by atoms with E-state index in [0.29, 0.717) is 5.11 Å². The van der Waals surface area contributed by atoms with Crippen molar-refractivity contribution in [3.8, 4) is 0 Å². The van der Waals surface area contributed by atoms with E-state index < -0.39 is 0 Å². The molecule has 0 radical (unpaired) electrons. The molecule has 0 unspecified atom stereocenters. The van der Waals surface area contributed by atoms with E-state index in [1.54, 1.807) is 23.5 Å². The highest BCUT2D eigenvalue weighted by Crippen LogP contribution is 2.29. The van der Waals surface area contributed by atoms with Gasteiger partial charge in [-0.05, 0) is 54.9 Å². The second-order valence-corrected chi connectivity index (χ2v) is 7.39. The van der Waals surface area contributed by atoms with Crippen molar-refractivity contribution < 1.29 is 9.13 Å². The molecule has 1 aromatic heterocycles. The van der Waals surface area contributed by atoms with Crippen molar-refractivity contribution in [3.05, 3.63) is 52.5 Å². The number of nitrogens with one attached hydrogen (secondary N) is 2. The van der Waals surface area contributed by atoms with Gasteiger partial charge in [0.1, 0.15) is 5.82 Å². The number of hydrogen-bond acceptors (Lipinski definition) is 4. The van der Waals surface area contributed by atoms with Crippen molar-refractivity contribution in [2.45, 2.75) is 19.0 Å². The third-order valence-corrected chi connectivity index (χ3v) is 5.37. The van der Waals surface area contributed by atoms with Crippen LogP contribution in [-0.4, -0.2) is 42.4 Å². The maximum absolute atomic E-state index is 13.0. The first-order chi connectivity index (χ1) is 12.1. The number of anilines is 1. The highest BCUT2D eigenvalue weighted by atomic mass is 32.1. The van der Waals surface area contributed by atoms with Crippen molar-refractivity contribution in [3.63, 3.8) is 0 Å². The summed E-state index contributed by atoms with van der Waals surface area (Å²) in [6.45, 7) is 5.47. The number of benzene rings is 1. The van der Waals surface area contributed by atoms with Crippen molar-refractivity contribution in [1.82, 2.24) is 10.2 Å². The highest BCUT2D eigenvalue weighted by molar-refractivity contribution is 7.80. The van der Waals surface area contributed by atoms with Crippen molar-refractivity contribution in [1.29, 1.82) is 0 Å². The minimum atomic E-state index is -0.261. The Morgan fingerprint density at radius 1 is 1.24 bits per heavy atom. The molecule has 2 atom stereocenters. The Morgan fingerprint density at radius 3 is 2.60 bits per heavy atom. The lowest BCUT2D eigenvalue weighted by Gasteiger charge is -2.38. The van der Waals surface area contributed by atoms with E-state index in [4.69, 9.17) is 17.0 Å². The molecule has 3 rings (SSSR count). The van der Waals surface area contributed by atoms with E-state index in [1.165, 1.54) is 17.0 Å². The molecule has 25 heavy (non-hydrogen) atoms. The number of rotatable bonds is 5. The minimum absolute atomic E-state index is 0.122. The number of halogens is 1. The number of nitrogens with zero attached hydrogens (tertiary/aromatic N) is 1. The van der Waals surface area contributed by atoms with E-state index in [1.807, 2.05) is 0 Å². The summed E-state index contributed by atoms with van der Waals surface area (Å²) in [6.07, 6.45) is 0. The van der Waals surface area contributed by atoms with Gasteiger partial charge >= 0.3 is 0 Å². The molecule has 0 bridgehead atoms. The zero-order valence-electron chi connectivity index (χ0n) is 14.1. The summed E-state index contributed by atoms with van der Waals surface area (Å²) < 4.78 is 18.5. The summed E-state index contributed by atoms with van der Waals surface area (Å²) in [5, 5.41) is 9.13. The Hall–Kier alpha value is -1.54. The Morgan fingerprint density at radius 2 is 1.96 bits per heavy atom. The average molecular weight is 380 g/mol. The van der Waals surface area contributed by atoms with Crippen LogP contribution < -0.4 is 10.6 Å². The first-order valence-electron chi connectivity index (χ1n) is 8.32. The predicted molar refractivity (Wildman–Crippen MR) is 105 cm³/mol. The molecule has 1 aliphatic rings. The van der Waals surface area contributed by atoms with E-state index in [-0.39, 0.29) is 17.9 Å². The molecule has 0 amide bonds. The van der Waals surface area contributed by atoms with Gasteiger partial charge < -0.3 is 15.4 Å². The van der Waals surface area contributed by atoms with Crippen LogP contribution in [0.15, 0.2) is 41.8 Å². The first kappa shape index (κ1) is 18.3. The van der Waals surface area contributed by atoms with E-state index in [9.17, 15) is 4.39 Å². The lowest BCUT2D eigenvalue weighted by atomic mass is 10.1. The summed E-state index contributed by atoms with van der Waals surface area (Å²) in [5.74, 6) is -0.261. The molecular formula is C18H22FN3OS2. The van der Waals surface area contributed by atoms with E-state index in [2.05, 4.69) is 40.0 Å². The number of ether oxygens (including phenoxy) is 1.